The average molecular weight is 270 g/mol. The topological polar surface area (TPSA) is 65.2 Å². The molecule has 2 N–H and O–H groups in total. The quantitative estimate of drug-likeness (QED) is 0.737. The third-order valence-corrected chi connectivity index (χ3v) is 3.80. The van der Waals surface area contributed by atoms with Gasteiger partial charge in [-0.2, -0.15) is 0 Å². The first kappa shape index (κ1) is 15.1. The summed E-state index contributed by atoms with van der Waals surface area (Å²) >= 11 is 1.39. The van der Waals surface area contributed by atoms with E-state index in [0.717, 1.165) is 17.8 Å². The van der Waals surface area contributed by atoms with E-state index in [2.05, 4.69) is 18.8 Å². The fraction of sp³-hybridized carbons (Fsp3) is 0.692. The number of carbonyl (C=O) groups is 1. The first-order chi connectivity index (χ1) is 8.71. The van der Waals surface area contributed by atoms with E-state index in [9.17, 15) is 4.79 Å². The third kappa shape index (κ3) is 4.74. The zero-order valence-corrected chi connectivity index (χ0v) is 12.0. The van der Waals surface area contributed by atoms with Crippen molar-refractivity contribution >= 4 is 17.3 Å². The number of hydrogen-bond donors (Lipinski definition) is 1. The van der Waals surface area contributed by atoms with E-state index in [1.165, 1.54) is 24.2 Å². The molecule has 0 aliphatic heterocycles. The molecule has 0 aliphatic rings. The van der Waals surface area contributed by atoms with Crippen LogP contribution in [0.3, 0.4) is 0 Å². The van der Waals surface area contributed by atoms with Gasteiger partial charge >= 0.3 is 5.97 Å². The number of nitrogens with zero attached hydrogens (tertiary/aromatic N) is 1. The normalized spacial score (nSPS) is 12.4. The molecule has 0 saturated carbocycles. The van der Waals surface area contributed by atoms with Crippen LogP contribution in [0.4, 0.5) is 0 Å². The number of hydrogen-bond acceptors (Lipinski definition) is 5. The Kier molecular flexibility index (Phi) is 6.90. The fourth-order valence-electron chi connectivity index (χ4n) is 1.66. The molecule has 18 heavy (non-hydrogen) atoms. The van der Waals surface area contributed by atoms with Crippen LogP contribution in [-0.4, -0.2) is 17.6 Å². The third-order valence-electron chi connectivity index (χ3n) is 2.93. The fourth-order valence-corrected chi connectivity index (χ4v) is 2.31. The van der Waals surface area contributed by atoms with Crippen LogP contribution in [-0.2, 0) is 11.3 Å². The van der Waals surface area contributed by atoms with Crippen LogP contribution in [0, 0.1) is 5.92 Å². The summed E-state index contributed by atoms with van der Waals surface area (Å²) in [5.41, 5.74) is 5.84. The second-order valence-electron chi connectivity index (χ2n) is 4.35. The standard InChI is InChI=1S/C13H22N2O2S/c1-3-5-6-10(4-2)8-17-13(16)11-9-18-12(7-14)15-11/h9-10H,3-8,14H2,1-2H3. The lowest BCUT2D eigenvalue weighted by atomic mass is 10.0. The summed E-state index contributed by atoms with van der Waals surface area (Å²) in [4.78, 5) is 15.9. The molecule has 0 saturated heterocycles. The van der Waals surface area contributed by atoms with Crippen molar-refractivity contribution in [3.8, 4) is 0 Å². The van der Waals surface area contributed by atoms with Gasteiger partial charge in [0.05, 0.1) is 6.61 Å². The first-order valence-corrected chi connectivity index (χ1v) is 7.40. The van der Waals surface area contributed by atoms with Gasteiger partial charge in [0.25, 0.3) is 0 Å². The number of aromatic nitrogens is 1. The summed E-state index contributed by atoms with van der Waals surface area (Å²) in [5, 5.41) is 2.47. The average Bonchev–Trinajstić information content (AvgIpc) is 2.87. The van der Waals surface area contributed by atoms with E-state index < -0.39 is 0 Å². The van der Waals surface area contributed by atoms with Gasteiger partial charge < -0.3 is 10.5 Å². The van der Waals surface area contributed by atoms with Crippen LogP contribution in [0.5, 0.6) is 0 Å². The largest absolute Gasteiger partial charge is 0.461 e. The Morgan fingerprint density at radius 1 is 1.56 bits per heavy atom. The molecule has 0 aromatic carbocycles. The van der Waals surface area contributed by atoms with Crippen molar-refractivity contribution in [2.45, 2.75) is 46.1 Å². The van der Waals surface area contributed by atoms with Crippen LogP contribution >= 0.6 is 11.3 Å². The van der Waals surface area contributed by atoms with Crippen molar-refractivity contribution in [3.63, 3.8) is 0 Å². The minimum Gasteiger partial charge on any atom is -0.461 e. The highest BCUT2D eigenvalue weighted by atomic mass is 32.1. The number of unbranched alkanes of at least 4 members (excludes halogenated alkanes) is 1. The Hall–Kier alpha value is -0.940. The molecule has 0 aliphatic carbocycles. The molecule has 0 fully saturated rings. The molecule has 1 unspecified atom stereocenters. The maximum atomic E-state index is 11.7. The second kappa shape index (κ2) is 8.21. The lowest BCUT2D eigenvalue weighted by Crippen LogP contribution is -2.14. The van der Waals surface area contributed by atoms with Gasteiger partial charge in [0.15, 0.2) is 5.69 Å². The Labute approximate surface area is 113 Å². The molecule has 102 valence electrons. The molecule has 0 amide bonds. The molecular weight excluding hydrogens is 248 g/mol. The number of esters is 1. The summed E-state index contributed by atoms with van der Waals surface area (Å²) in [5.74, 6) is 0.127. The van der Waals surface area contributed by atoms with Crippen LogP contribution in [0.1, 0.15) is 55.0 Å². The van der Waals surface area contributed by atoms with E-state index in [1.807, 2.05) is 0 Å². The van der Waals surface area contributed by atoms with Crippen molar-refractivity contribution < 1.29 is 9.53 Å². The highest BCUT2D eigenvalue weighted by Gasteiger charge is 2.14. The van der Waals surface area contributed by atoms with Crippen LogP contribution in [0.25, 0.3) is 0 Å². The minimum absolute atomic E-state index is 0.333. The maximum absolute atomic E-state index is 11.7. The number of thiazole rings is 1. The van der Waals surface area contributed by atoms with Crippen molar-refractivity contribution in [1.29, 1.82) is 0 Å². The van der Waals surface area contributed by atoms with Crippen LogP contribution in [0.15, 0.2) is 5.38 Å². The van der Waals surface area contributed by atoms with Crippen molar-refractivity contribution in [2.75, 3.05) is 6.61 Å². The predicted molar refractivity (Wildman–Crippen MR) is 73.6 cm³/mol. The zero-order chi connectivity index (χ0) is 13.4. The molecule has 1 aromatic heterocycles. The van der Waals surface area contributed by atoms with Gasteiger partial charge in [0, 0.05) is 11.9 Å². The summed E-state index contributed by atoms with van der Waals surface area (Å²) in [6.07, 6.45) is 4.52. The van der Waals surface area contributed by atoms with Gasteiger partial charge in [0.1, 0.15) is 5.01 Å². The molecule has 1 heterocycles. The van der Waals surface area contributed by atoms with E-state index in [-0.39, 0.29) is 5.97 Å². The summed E-state index contributed by atoms with van der Waals surface area (Å²) in [7, 11) is 0. The van der Waals surface area contributed by atoms with Gasteiger partial charge in [-0.25, -0.2) is 9.78 Å². The van der Waals surface area contributed by atoms with Gasteiger partial charge in [-0.15, -0.1) is 11.3 Å². The summed E-state index contributed by atoms with van der Waals surface area (Å²) in [6.45, 7) is 5.16. The predicted octanol–water partition coefficient (Wildman–Crippen LogP) is 2.98. The highest BCUT2D eigenvalue weighted by Crippen LogP contribution is 2.15. The van der Waals surface area contributed by atoms with E-state index in [4.69, 9.17) is 10.5 Å². The Balaban J connectivity index is 2.39. The lowest BCUT2D eigenvalue weighted by molar-refractivity contribution is 0.0422. The van der Waals surface area contributed by atoms with Gasteiger partial charge in [-0.3, -0.25) is 0 Å². The van der Waals surface area contributed by atoms with E-state index in [0.29, 0.717) is 24.8 Å². The molecule has 5 heteroatoms. The molecule has 1 rings (SSSR count). The second-order valence-corrected chi connectivity index (χ2v) is 5.29. The van der Waals surface area contributed by atoms with Gasteiger partial charge in [-0.1, -0.05) is 33.1 Å². The van der Waals surface area contributed by atoms with E-state index >= 15 is 0 Å². The molecular formula is C13H22N2O2S. The summed E-state index contributed by atoms with van der Waals surface area (Å²) < 4.78 is 5.30. The molecule has 4 nitrogen and oxygen atoms in total. The number of ether oxygens (including phenoxy) is 1. The summed E-state index contributed by atoms with van der Waals surface area (Å²) in [6, 6.07) is 0. The van der Waals surface area contributed by atoms with Crippen molar-refractivity contribution in [2.24, 2.45) is 11.7 Å². The maximum Gasteiger partial charge on any atom is 0.357 e. The Morgan fingerprint density at radius 2 is 2.33 bits per heavy atom. The van der Waals surface area contributed by atoms with Gasteiger partial charge in [-0.05, 0) is 12.3 Å². The number of nitrogens with two attached hydrogens (primary N) is 1. The van der Waals surface area contributed by atoms with Gasteiger partial charge in [0.2, 0.25) is 0 Å². The molecule has 0 bridgehead atoms. The smallest absolute Gasteiger partial charge is 0.357 e. The highest BCUT2D eigenvalue weighted by molar-refractivity contribution is 7.09. The Bertz CT molecular complexity index is 366. The molecule has 1 aromatic rings. The van der Waals surface area contributed by atoms with Crippen molar-refractivity contribution in [1.82, 2.24) is 4.98 Å². The van der Waals surface area contributed by atoms with E-state index in [1.54, 1.807) is 5.38 Å². The zero-order valence-electron chi connectivity index (χ0n) is 11.1. The first-order valence-electron chi connectivity index (χ1n) is 6.52. The molecule has 1 atom stereocenters. The minimum atomic E-state index is -0.333. The monoisotopic (exact) mass is 270 g/mol. The number of rotatable bonds is 8. The molecule has 0 spiro atoms. The number of carbonyl (C=O) groups excluding carboxylic acids is 1. The SMILES string of the molecule is CCCCC(CC)COC(=O)c1csc(CN)n1. The van der Waals surface area contributed by atoms with Crippen LogP contribution < -0.4 is 5.73 Å². The van der Waals surface area contributed by atoms with Crippen LogP contribution in [0.2, 0.25) is 0 Å². The lowest BCUT2D eigenvalue weighted by Gasteiger charge is -2.13. The molecule has 0 radical (unpaired) electrons. The Morgan fingerprint density at radius 3 is 2.89 bits per heavy atom. The van der Waals surface area contributed by atoms with Crippen molar-refractivity contribution in [3.05, 3.63) is 16.1 Å².